The Morgan fingerprint density at radius 3 is 2.75 bits per heavy atom. The minimum atomic E-state index is -1.26. The molecule has 0 N–H and O–H groups in total. The van der Waals surface area contributed by atoms with Gasteiger partial charge in [-0.25, -0.2) is 0 Å². The van der Waals surface area contributed by atoms with Gasteiger partial charge in [-0.3, -0.25) is 4.21 Å². The number of fused-ring (bicyclic) bond motifs is 1. The van der Waals surface area contributed by atoms with Crippen LogP contribution in [-0.2, 0) is 16.6 Å². The molecular weight excluding hydrogens is 330 g/mol. The number of ether oxygens (including phenoxy) is 2. The molecule has 1 atom stereocenters. The number of nitrogens with zero attached hydrogens (tertiary/aromatic N) is 1. The van der Waals surface area contributed by atoms with Gasteiger partial charge < -0.3 is 18.4 Å². The molecule has 7 heteroatoms. The normalized spacial score (nSPS) is 15.0. The second-order valence-corrected chi connectivity index (χ2v) is 6.76. The topological polar surface area (TPSA) is 74.7 Å². The van der Waals surface area contributed by atoms with E-state index in [0.717, 1.165) is 6.42 Å². The van der Waals surface area contributed by atoms with E-state index >= 15 is 0 Å². The van der Waals surface area contributed by atoms with Crippen LogP contribution in [0.3, 0.4) is 0 Å². The van der Waals surface area contributed by atoms with E-state index in [2.05, 4.69) is 5.16 Å². The molecule has 3 aromatic rings. The Morgan fingerprint density at radius 2 is 1.92 bits per heavy atom. The maximum Gasteiger partial charge on any atom is 0.202 e. The zero-order chi connectivity index (χ0) is 16.4. The predicted octanol–water partition coefficient (Wildman–Crippen LogP) is 3.40. The van der Waals surface area contributed by atoms with Crippen molar-refractivity contribution in [2.24, 2.45) is 0 Å². The summed E-state index contributed by atoms with van der Waals surface area (Å²) in [5, 5.41) is 3.96. The van der Waals surface area contributed by atoms with E-state index in [1.807, 2.05) is 0 Å². The van der Waals surface area contributed by atoms with Gasteiger partial charge in [0.1, 0.15) is 0 Å². The smallest absolute Gasteiger partial charge is 0.202 e. The molecule has 0 unspecified atom stereocenters. The van der Waals surface area contributed by atoms with Crippen LogP contribution in [0.2, 0.25) is 0 Å². The lowest BCUT2D eigenvalue weighted by Gasteiger charge is -2.08. The molecule has 1 aromatic carbocycles. The molecule has 24 heavy (non-hydrogen) atoms. The third-order valence-electron chi connectivity index (χ3n) is 3.58. The molecule has 0 saturated carbocycles. The number of rotatable bonds is 4. The van der Waals surface area contributed by atoms with Crippen LogP contribution in [0.15, 0.2) is 56.5 Å². The molecule has 0 spiro atoms. The van der Waals surface area contributed by atoms with Crippen molar-refractivity contribution in [1.29, 1.82) is 0 Å². The molecule has 0 radical (unpaired) electrons. The molecule has 0 saturated heterocycles. The Morgan fingerprint density at radius 1 is 1.04 bits per heavy atom. The molecule has 0 aliphatic carbocycles. The summed E-state index contributed by atoms with van der Waals surface area (Å²) in [6.07, 6.45) is 2.40. The maximum absolute atomic E-state index is 12.6. The monoisotopic (exact) mass is 345 g/mol. The first kappa shape index (κ1) is 15.0. The van der Waals surface area contributed by atoms with E-state index in [-0.39, 0.29) is 5.75 Å². The molecular formula is C17H15NO5S. The first-order valence-electron chi connectivity index (χ1n) is 7.57. The largest absolute Gasteiger partial charge is 0.490 e. The van der Waals surface area contributed by atoms with E-state index < -0.39 is 10.8 Å². The highest BCUT2D eigenvalue weighted by Crippen LogP contribution is 2.32. The van der Waals surface area contributed by atoms with Gasteiger partial charge in [-0.05, 0) is 24.3 Å². The van der Waals surface area contributed by atoms with Gasteiger partial charge in [-0.1, -0.05) is 5.16 Å². The Bertz CT molecular complexity index is 856. The fraction of sp³-hybridized carbons (Fsp3) is 0.235. The van der Waals surface area contributed by atoms with Gasteiger partial charge in [0, 0.05) is 23.4 Å². The van der Waals surface area contributed by atoms with Crippen molar-refractivity contribution in [3.63, 3.8) is 0 Å². The predicted molar refractivity (Wildman–Crippen MR) is 86.4 cm³/mol. The van der Waals surface area contributed by atoms with E-state index in [1.54, 1.807) is 42.7 Å². The van der Waals surface area contributed by atoms with E-state index in [0.29, 0.717) is 46.8 Å². The molecule has 2 aromatic heterocycles. The Hall–Kier alpha value is -2.54. The average molecular weight is 345 g/mol. The fourth-order valence-corrected chi connectivity index (χ4v) is 3.45. The van der Waals surface area contributed by atoms with E-state index in [4.69, 9.17) is 18.4 Å². The number of hydrogen-bond acceptors (Lipinski definition) is 6. The zero-order valence-corrected chi connectivity index (χ0v) is 13.6. The summed E-state index contributed by atoms with van der Waals surface area (Å²) in [5.41, 5.74) is 0.604. The van der Waals surface area contributed by atoms with Crippen LogP contribution < -0.4 is 9.47 Å². The molecule has 0 bridgehead atoms. The molecule has 6 nitrogen and oxygen atoms in total. The highest BCUT2D eigenvalue weighted by molar-refractivity contribution is 7.84. The molecule has 0 fully saturated rings. The summed E-state index contributed by atoms with van der Waals surface area (Å²) < 4.78 is 34.3. The minimum absolute atomic E-state index is 0.254. The summed E-state index contributed by atoms with van der Waals surface area (Å²) in [6, 6.07) is 10.6. The van der Waals surface area contributed by atoms with E-state index in [9.17, 15) is 4.21 Å². The molecule has 124 valence electrons. The lowest BCUT2D eigenvalue weighted by atomic mass is 10.3. The second-order valence-electron chi connectivity index (χ2n) is 5.31. The van der Waals surface area contributed by atoms with Gasteiger partial charge in [0.25, 0.3) is 0 Å². The number of aromatic nitrogens is 1. The quantitative estimate of drug-likeness (QED) is 0.721. The number of furan rings is 1. The number of benzene rings is 1. The SMILES string of the molecule is O=[S@@](Cc1cc(-c2ccco2)on1)c1ccc2c(c1)OCCCO2. The van der Waals surface area contributed by atoms with Crippen molar-refractivity contribution in [3.05, 3.63) is 48.4 Å². The highest BCUT2D eigenvalue weighted by atomic mass is 32.2. The molecule has 1 aliphatic heterocycles. The van der Waals surface area contributed by atoms with Crippen LogP contribution in [0.4, 0.5) is 0 Å². The summed E-state index contributed by atoms with van der Waals surface area (Å²) in [4.78, 5) is 0.668. The van der Waals surface area contributed by atoms with Crippen LogP contribution in [0.5, 0.6) is 11.5 Å². The van der Waals surface area contributed by atoms with Crippen LogP contribution in [-0.4, -0.2) is 22.6 Å². The van der Waals surface area contributed by atoms with Crippen molar-refractivity contribution < 1.29 is 22.6 Å². The number of hydrogen-bond donors (Lipinski definition) is 0. The highest BCUT2D eigenvalue weighted by Gasteiger charge is 2.16. The molecule has 1 aliphatic rings. The van der Waals surface area contributed by atoms with Crippen molar-refractivity contribution in [3.8, 4) is 23.0 Å². The fourth-order valence-electron chi connectivity index (χ4n) is 2.42. The third-order valence-corrected chi connectivity index (χ3v) is 4.92. The summed E-state index contributed by atoms with van der Waals surface area (Å²) in [6.45, 7) is 1.23. The summed E-state index contributed by atoms with van der Waals surface area (Å²) in [7, 11) is -1.26. The van der Waals surface area contributed by atoms with Gasteiger partial charge in [0.15, 0.2) is 17.3 Å². The van der Waals surface area contributed by atoms with Crippen molar-refractivity contribution in [1.82, 2.24) is 5.16 Å². The third kappa shape index (κ3) is 3.07. The average Bonchev–Trinajstić information content (AvgIpc) is 3.22. The van der Waals surface area contributed by atoms with Crippen molar-refractivity contribution >= 4 is 10.8 Å². The molecule has 0 amide bonds. The zero-order valence-electron chi connectivity index (χ0n) is 12.8. The first-order chi connectivity index (χ1) is 11.8. The van der Waals surface area contributed by atoms with Crippen molar-refractivity contribution in [2.45, 2.75) is 17.1 Å². The van der Waals surface area contributed by atoms with Gasteiger partial charge in [0.05, 0.1) is 41.7 Å². The summed E-state index contributed by atoms with van der Waals surface area (Å²) in [5.74, 6) is 2.69. The Balaban J connectivity index is 1.51. The van der Waals surface area contributed by atoms with Gasteiger partial charge >= 0.3 is 0 Å². The minimum Gasteiger partial charge on any atom is -0.490 e. The standard InChI is InChI=1S/C17H15NO5S/c19-24(11-12-9-17(23-18-12)14-3-1-6-20-14)13-4-5-15-16(10-13)22-8-2-7-21-15/h1,3-6,9-10H,2,7-8,11H2/t24-/m0/s1. The van der Waals surface area contributed by atoms with Crippen LogP contribution in [0.25, 0.3) is 11.5 Å². The van der Waals surface area contributed by atoms with E-state index in [1.165, 1.54) is 0 Å². The van der Waals surface area contributed by atoms with Gasteiger partial charge in [0.2, 0.25) is 5.76 Å². The maximum atomic E-state index is 12.6. The Labute approximate surface area is 140 Å². The Kier molecular flexibility index (Phi) is 4.08. The lowest BCUT2D eigenvalue weighted by molar-refractivity contribution is 0.297. The van der Waals surface area contributed by atoms with Crippen molar-refractivity contribution in [2.75, 3.05) is 13.2 Å². The van der Waals surface area contributed by atoms with Crippen LogP contribution in [0.1, 0.15) is 12.1 Å². The molecule has 4 rings (SSSR count). The second kappa shape index (κ2) is 6.52. The van der Waals surface area contributed by atoms with Crippen LogP contribution >= 0.6 is 0 Å². The molecule has 3 heterocycles. The summed E-state index contributed by atoms with van der Waals surface area (Å²) >= 11 is 0. The lowest BCUT2D eigenvalue weighted by Crippen LogP contribution is -1.99. The first-order valence-corrected chi connectivity index (χ1v) is 8.89. The van der Waals surface area contributed by atoms with Crippen LogP contribution in [0, 0.1) is 0 Å². The van der Waals surface area contributed by atoms with Gasteiger partial charge in [-0.15, -0.1) is 0 Å². The van der Waals surface area contributed by atoms with Gasteiger partial charge in [-0.2, -0.15) is 0 Å².